The lowest BCUT2D eigenvalue weighted by Gasteiger charge is -2.41. The normalized spacial score (nSPS) is 21.1. The van der Waals surface area contributed by atoms with Gasteiger partial charge in [0.05, 0.1) is 6.04 Å². The van der Waals surface area contributed by atoms with Gasteiger partial charge in [-0.3, -0.25) is 16.3 Å². The highest BCUT2D eigenvalue weighted by Crippen LogP contribution is 2.45. The molecule has 0 spiro atoms. The average molecular weight is 233 g/mol. The van der Waals surface area contributed by atoms with Gasteiger partial charge in [-0.05, 0) is 42.4 Å². The summed E-state index contributed by atoms with van der Waals surface area (Å²) in [6, 6.07) is 2.28. The third kappa shape index (κ3) is 2.50. The molecule has 1 saturated carbocycles. The van der Waals surface area contributed by atoms with Crippen LogP contribution in [0.2, 0.25) is 0 Å². The Kier molecular flexibility index (Phi) is 3.79. The Balaban J connectivity index is 2.29. The van der Waals surface area contributed by atoms with Crippen molar-refractivity contribution < 1.29 is 0 Å². The Morgan fingerprint density at radius 1 is 1.35 bits per heavy atom. The van der Waals surface area contributed by atoms with E-state index in [-0.39, 0.29) is 11.5 Å². The standard InChI is InChI=1S/C14H23N3/c1-11-6-9-16-10-12(11)13(17-15)14(2)7-4-3-5-8-14/h6,9-10,13,17H,3-5,7-8,15H2,1-2H3. The van der Waals surface area contributed by atoms with E-state index in [1.54, 1.807) is 0 Å². The molecule has 1 aliphatic rings. The van der Waals surface area contributed by atoms with Crippen molar-refractivity contribution in [3.63, 3.8) is 0 Å². The van der Waals surface area contributed by atoms with Gasteiger partial charge in [0.1, 0.15) is 0 Å². The molecular weight excluding hydrogens is 210 g/mol. The second kappa shape index (κ2) is 5.15. The van der Waals surface area contributed by atoms with E-state index in [0.717, 1.165) is 0 Å². The first-order valence-corrected chi connectivity index (χ1v) is 6.54. The fraction of sp³-hybridized carbons (Fsp3) is 0.643. The maximum Gasteiger partial charge on any atom is 0.0531 e. The fourth-order valence-corrected chi connectivity index (χ4v) is 3.09. The van der Waals surface area contributed by atoms with E-state index < -0.39 is 0 Å². The number of rotatable bonds is 3. The summed E-state index contributed by atoms with van der Waals surface area (Å²) in [5.41, 5.74) is 5.82. The SMILES string of the molecule is Cc1ccncc1C(NN)C1(C)CCCCC1. The van der Waals surface area contributed by atoms with Crippen LogP contribution >= 0.6 is 0 Å². The molecule has 3 N–H and O–H groups in total. The van der Waals surface area contributed by atoms with Gasteiger partial charge >= 0.3 is 0 Å². The van der Waals surface area contributed by atoms with Crippen LogP contribution in [0.25, 0.3) is 0 Å². The minimum Gasteiger partial charge on any atom is -0.271 e. The molecule has 0 aromatic carbocycles. The Morgan fingerprint density at radius 2 is 2.06 bits per heavy atom. The van der Waals surface area contributed by atoms with Crippen LogP contribution in [0.5, 0.6) is 0 Å². The van der Waals surface area contributed by atoms with Crippen LogP contribution in [-0.2, 0) is 0 Å². The Labute approximate surface area is 104 Å². The van der Waals surface area contributed by atoms with E-state index in [2.05, 4.69) is 30.3 Å². The van der Waals surface area contributed by atoms with Crippen LogP contribution in [0, 0.1) is 12.3 Å². The van der Waals surface area contributed by atoms with Crippen LogP contribution < -0.4 is 11.3 Å². The number of nitrogens with two attached hydrogens (primary N) is 1. The van der Waals surface area contributed by atoms with Gasteiger partial charge < -0.3 is 0 Å². The van der Waals surface area contributed by atoms with Crippen molar-refractivity contribution in [2.24, 2.45) is 11.3 Å². The number of hydrazine groups is 1. The van der Waals surface area contributed by atoms with Crippen LogP contribution in [-0.4, -0.2) is 4.98 Å². The molecule has 0 radical (unpaired) electrons. The first-order chi connectivity index (χ1) is 8.17. The second-order valence-electron chi connectivity index (χ2n) is 5.55. The van der Waals surface area contributed by atoms with E-state index in [1.165, 1.54) is 43.2 Å². The lowest BCUT2D eigenvalue weighted by Crippen LogP contribution is -2.41. The predicted octanol–water partition coefficient (Wildman–Crippen LogP) is 2.86. The number of aryl methyl sites for hydroxylation is 1. The number of pyridine rings is 1. The van der Waals surface area contributed by atoms with Crippen LogP contribution in [0.4, 0.5) is 0 Å². The lowest BCUT2D eigenvalue weighted by molar-refractivity contribution is 0.144. The van der Waals surface area contributed by atoms with Crippen LogP contribution in [0.15, 0.2) is 18.5 Å². The molecule has 0 amide bonds. The molecular formula is C14H23N3. The molecule has 3 heteroatoms. The smallest absolute Gasteiger partial charge is 0.0531 e. The number of nitrogens with zero attached hydrogens (tertiary/aromatic N) is 1. The van der Waals surface area contributed by atoms with Gasteiger partial charge in [-0.2, -0.15) is 0 Å². The quantitative estimate of drug-likeness (QED) is 0.623. The third-order valence-electron chi connectivity index (χ3n) is 4.25. The molecule has 1 aliphatic carbocycles. The molecule has 1 aromatic heterocycles. The largest absolute Gasteiger partial charge is 0.271 e. The molecule has 0 bridgehead atoms. The summed E-state index contributed by atoms with van der Waals surface area (Å²) in [7, 11) is 0. The summed E-state index contributed by atoms with van der Waals surface area (Å²) in [4.78, 5) is 4.24. The van der Waals surface area contributed by atoms with Gasteiger partial charge in [-0.15, -0.1) is 0 Å². The van der Waals surface area contributed by atoms with Gasteiger partial charge in [0.25, 0.3) is 0 Å². The zero-order valence-corrected chi connectivity index (χ0v) is 10.9. The van der Waals surface area contributed by atoms with E-state index in [4.69, 9.17) is 5.84 Å². The summed E-state index contributed by atoms with van der Waals surface area (Å²) >= 11 is 0. The minimum absolute atomic E-state index is 0.219. The molecule has 0 aliphatic heterocycles. The highest BCUT2D eigenvalue weighted by atomic mass is 15.2. The average Bonchev–Trinajstić information content (AvgIpc) is 2.33. The highest BCUT2D eigenvalue weighted by Gasteiger charge is 2.36. The third-order valence-corrected chi connectivity index (χ3v) is 4.25. The van der Waals surface area contributed by atoms with E-state index in [1.807, 2.05) is 12.4 Å². The van der Waals surface area contributed by atoms with Gasteiger partial charge in [0, 0.05) is 12.4 Å². The van der Waals surface area contributed by atoms with Crippen molar-refractivity contribution in [2.75, 3.05) is 0 Å². The molecule has 3 nitrogen and oxygen atoms in total. The molecule has 1 atom stereocenters. The molecule has 1 heterocycles. The number of nitrogens with one attached hydrogen (secondary N) is 1. The van der Waals surface area contributed by atoms with Crippen molar-refractivity contribution in [2.45, 2.75) is 52.0 Å². The highest BCUT2D eigenvalue weighted by molar-refractivity contribution is 5.27. The van der Waals surface area contributed by atoms with Crippen molar-refractivity contribution in [1.82, 2.24) is 10.4 Å². The maximum absolute atomic E-state index is 5.81. The first kappa shape index (κ1) is 12.5. The van der Waals surface area contributed by atoms with Crippen molar-refractivity contribution in [3.05, 3.63) is 29.6 Å². The molecule has 1 unspecified atom stereocenters. The number of hydrogen-bond donors (Lipinski definition) is 2. The minimum atomic E-state index is 0.219. The second-order valence-corrected chi connectivity index (χ2v) is 5.55. The Bertz CT molecular complexity index is 369. The van der Waals surface area contributed by atoms with E-state index in [9.17, 15) is 0 Å². The Morgan fingerprint density at radius 3 is 2.65 bits per heavy atom. The van der Waals surface area contributed by atoms with Crippen molar-refractivity contribution >= 4 is 0 Å². The molecule has 1 fully saturated rings. The van der Waals surface area contributed by atoms with E-state index >= 15 is 0 Å². The van der Waals surface area contributed by atoms with Crippen molar-refractivity contribution in [1.29, 1.82) is 0 Å². The zero-order chi connectivity index (χ0) is 12.3. The monoisotopic (exact) mass is 233 g/mol. The summed E-state index contributed by atoms with van der Waals surface area (Å²) < 4.78 is 0. The van der Waals surface area contributed by atoms with Crippen LogP contribution in [0.3, 0.4) is 0 Å². The summed E-state index contributed by atoms with van der Waals surface area (Å²) in [6.45, 7) is 4.48. The summed E-state index contributed by atoms with van der Waals surface area (Å²) in [5, 5.41) is 0. The van der Waals surface area contributed by atoms with E-state index in [0.29, 0.717) is 0 Å². The summed E-state index contributed by atoms with van der Waals surface area (Å²) in [6.07, 6.45) is 10.3. The fourth-order valence-electron chi connectivity index (χ4n) is 3.09. The Hall–Kier alpha value is -0.930. The topological polar surface area (TPSA) is 50.9 Å². The molecule has 94 valence electrons. The number of aromatic nitrogens is 1. The predicted molar refractivity (Wildman–Crippen MR) is 70.2 cm³/mol. The van der Waals surface area contributed by atoms with Gasteiger partial charge in [-0.25, -0.2) is 0 Å². The van der Waals surface area contributed by atoms with Gasteiger partial charge in [0.15, 0.2) is 0 Å². The van der Waals surface area contributed by atoms with Gasteiger partial charge in [-0.1, -0.05) is 26.2 Å². The molecule has 0 saturated heterocycles. The lowest BCUT2D eigenvalue weighted by atomic mass is 9.68. The molecule has 2 rings (SSSR count). The van der Waals surface area contributed by atoms with Crippen LogP contribution in [0.1, 0.15) is 56.2 Å². The first-order valence-electron chi connectivity index (χ1n) is 6.54. The molecule has 1 aromatic rings. The number of hydrogen-bond acceptors (Lipinski definition) is 3. The molecule has 17 heavy (non-hydrogen) atoms. The zero-order valence-electron chi connectivity index (χ0n) is 10.9. The maximum atomic E-state index is 5.81. The summed E-state index contributed by atoms with van der Waals surface area (Å²) in [5.74, 6) is 5.81. The van der Waals surface area contributed by atoms with Gasteiger partial charge in [0.2, 0.25) is 0 Å². The van der Waals surface area contributed by atoms with Crippen molar-refractivity contribution in [3.8, 4) is 0 Å².